The number of rotatable bonds is 3. The third-order valence-corrected chi connectivity index (χ3v) is 14.1. The maximum atomic E-state index is 12.5. The van der Waals surface area contributed by atoms with Gasteiger partial charge in [0.15, 0.2) is 17.3 Å². The standard InChI is InChI=1S/2C15H20O2.C15H22O/c1-9(2)12-5-6-14(4)8-11(16)7-10(3)15(14)13(12)17-15;1-9(2)12-5-6-15(4)8-11(16)7-10(3)13(15)14(12)17;1-10(2)12-5-6-15(4)9-13(16)7-11(3)14(15)8-12/h2*7,12-13H,1,5-6,8H2,2-4H3;7,12,14H,1,5-6,8-9H2,2-4H3. The van der Waals surface area contributed by atoms with Crippen molar-refractivity contribution in [2.24, 2.45) is 45.8 Å². The van der Waals surface area contributed by atoms with E-state index >= 15 is 0 Å². The Kier molecular flexibility index (Phi) is 10.4. The van der Waals surface area contributed by atoms with Crippen molar-refractivity contribution in [3.8, 4) is 0 Å². The Bertz CT molecular complexity index is 1620. The fourth-order valence-electron chi connectivity index (χ4n) is 11.2. The fraction of sp³-hybridized carbons (Fsp3) is 0.644. The minimum Gasteiger partial charge on any atom is -0.360 e. The van der Waals surface area contributed by atoms with Crippen LogP contribution in [-0.2, 0) is 23.9 Å². The molecule has 1 aliphatic heterocycles. The number of carbonyl (C=O) groups is 4. The van der Waals surface area contributed by atoms with Crippen molar-refractivity contribution >= 4 is 23.1 Å². The normalized spacial score (nSPS) is 41.5. The molecule has 10 unspecified atom stereocenters. The van der Waals surface area contributed by atoms with Gasteiger partial charge in [-0.15, -0.1) is 0 Å². The third kappa shape index (κ3) is 6.73. The highest BCUT2D eigenvalue weighted by molar-refractivity contribution is 5.98. The second kappa shape index (κ2) is 13.6. The molecule has 5 heteroatoms. The van der Waals surface area contributed by atoms with Crippen LogP contribution in [0.2, 0.25) is 0 Å². The van der Waals surface area contributed by atoms with Gasteiger partial charge in [-0.3, -0.25) is 19.2 Å². The van der Waals surface area contributed by atoms with E-state index in [0.717, 1.165) is 48.8 Å². The molecule has 10 atom stereocenters. The number of allylic oxidation sites excluding steroid dienone is 7. The Morgan fingerprint density at radius 1 is 0.700 bits per heavy atom. The maximum absolute atomic E-state index is 12.5. The minimum atomic E-state index is -0.154. The maximum Gasteiger partial charge on any atom is 0.156 e. The van der Waals surface area contributed by atoms with Crippen molar-refractivity contribution in [2.75, 3.05) is 0 Å². The molecule has 0 aromatic carbocycles. The van der Waals surface area contributed by atoms with E-state index < -0.39 is 0 Å². The summed E-state index contributed by atoms with van der Waals surface area (Å²) in [5.74, 6) is 2.68. The van der Waals surface area contributed by atoms with Crippen LogP contribution in [-0.4, -0.2) is 34.8 Å². The Morgan fingerprint density at radius 3 is 1.88 bits per heavy atom. The number of ketones is 4. The number of ether oxygens (including phenoxy) is 1. The summed E-state index contributed by atoms with van der Waals surface area (Å²) in [5, 5.41) is 0. The molecule has 50 heavy (non-hydrogen) atoms. The molecule has 6 aliphatic carbocycles. The van der Waals surface area contributed by atoms with E-state index in [1.54, 1.807) is 12.2 Å². The lowest BCUT2D eigenvalue weighted by molar-refractivity contribution is -0.134. The Hall–Kier alpha value is -2.92. The molecule has 0 N–H and O–H groups in total. The molecule has 0 aromatic rings. The Labute approximate surface area is 301 Å². The van der Waals surface area contributed by atoms with Gasteiger partial charge in [-0.1, -0.05) is 68.4 Å². The van der Waals surface area contributed by atoms with Crippen LogP contribution in [0.25, 0.3) is 0 Å². The van der Waals surface area contributed by atoms with Crippen molar-refractivity contribution in [2.45, 2.75) is 138 Å². The van der Waals surface area contributed by atoms with Crippen molar-refractivity contribution in [3.05, 3.63) is 71.4 Å². The van der Waals surface area contributed by atoms with Gasteiger partial charge in [-0.05, 0) is 133 Å². The first-order valence-electron chi connectivity index (χ1n) is 19.0. The van der Waals surface area contributed by atoms with Crippen molar-refractivity contribution in [3.63, 3.8) is 0 Å². The van der Waals surface area contributed by atoms with Crippen LogP contribution in [0.3, 0.4) is 0 Å². The topological polar surface area (TPSA) is 80.8 Å². The monoisotopic (exact) mass is 682 g/mol. The molecule has 1 heterocycles. The number of hydrogen-bond donors (Lipinski definition) is 0. The average molecular weight is 683 g/mol. The van der Waals surface area contributed by atoms with Crippen LogP contribution in [0.1, 0.15) is 127 Å². The summed E-state index contributed by atoms with van der Waals surface area (Å²) in [6.45, 7) is 30.9. The molecular weight excluding hydrogens is 620 g/mol. The van der Waals surface area contributed by atoms with Gasteiger partial charge >= 0.3 is 0 Å². The molecule has 1 spiro atoms. The molecular formula is C45H62O5. The number of epoxide rings is 1. The first kappa shape index (κ1) is 38.3. The lowest BCUT2D eigenvalue weighted by Gasteiger charge is -2.47. The van der Waals surface area contributed by atoms with E-state index in [1.807, 2.05) is 19.9 Å². The van der Waals surface area contributed by atoms with Gasteiger partial charge in [-0.25, -0.2) is 0 Å². The summed E-state index contributed by atoms with van der Waals surface area (Å²) in [4.78, 5) is 47.6. The molecule has 7 rings (SSSR count). The Morgan fingerprint density at radius 2 is 1.28 bits per heavy atom. The second-order valence-electron chi connectivity index (χ2n) is 18.3. The zero-order valence-electron chi connectivity index (χ0n) is 32.4. The average Bonchev–Trinajstić information content (AvgIpc) is 3.74. The van der Waals surface area contributed by atoms with Gasteiger partial charge in [0.05, 0.1) is 6.10 Å². The highest BCUT2D eigenvalue weighted by Gasteiger charge is 2.73. The van der Waals surface area contributed by atoms with Gasteiger partial charge in [0.2, 0.25) is 0 Å². The summed E-state index contributed by atoms with van der Waals surface area (Å²) in [7, 11) is 0. The number of fused-ring (bicyclic) bond motifs is 2. The van der Waals surface area contributed by atoms with Crippen LogP contribution in [0.15, 0.2) is 71.4 Å². The third-order valence-electron chi connectivity index (χ3n) is 14.1. The number of Topliss-reactive ketones (excluding diaryl/α,β-unsaturated/α-hetero) is 1. The van der Waals surface area contributed by atoms with Crippen LogP contribution in [0.4, 0.5) is 0 Å². The highest BCUT2D eigenvalue weighted by atomic mass is 16.6. The molecule has 1 saturated heterocycles. The summed E-state index contributed by atoms with van der Waals surface area (Å²) < 4.78 is 6.13. The smallest absolute Gasteiger partial charge is 0.156 e. The van der Waals surface area contributed by atoms with E-state index in [0.29, 0.717) is 36.4 Å². The van der Waals surface area contributed by atoms with Crippen molar-refractivity contribution in [1.82, 2.24) is 0 Å². The van der Waals surface area contributed by atoms with E-state index in [4.69, 9.17) is 4.74 Å². The van der Waals surface area contributed by atoms with E-state index in [1.165, 1.54) is 36.0 Å². The van der Waals surface area contributed by atoms with E-state index in [9.17, 15) is 19.2 Å². The van der Waals surface area contributed by atoms with Crippen molar-refractivity contribution < 1.29 is 23.9 Å². The molecule has 0 aromatic heterocycles. The first-order valence-corrected chi connectivity index (χ1v) is 19.0. The quantitative estimate of drug-likeness (QED) is 0.219. The first-order chi connectivity index (χ1) is 23.2. The molecule has 4 fully saturated rings. The summed E-state index contributed by atoms with van der Waals surface area (Å²) >= 11 is 0. The SMILES string of the molecule is C=C(C)C1CCC2(C)CC(=O)C=C(C)C23OC13.C=C(C)C1CCC2(C)CC(=O)C=C(C)C2C1.C=C(C)C1CCC2(C)CC(=O)C=C(C)C2C1=O. The summed E-state index contributed by atoms with van der Waals surface area (Å²) in [6.07, 6.45) is 15.0. The second-order valence-corrected chi connectivity index (χ2v) is 18.3. The summed E-state index contributed by atoms with van der Waals surface area (Å²) in [6, 6.07) is 0. The largest absolute Gasteiger partial charge is 0.360 e. The molecule has 5 nitrogen and oxygen atoms in total. The van der Waals surface area contributed by atoms with Gasteiger partial charge in [0, 0.05) is 42.4 Å². The van der Waals surface area contributed by atoms with Gasteiger partial charge < -0.3 is 4.74 Å². The minimum absolute atomic E-state index is 0.00960. The fourth-order valence-corrected chi connectivity index (χ4v) is 11.2. The van der Waals surface area contributed by atoms with Gasteiger partial charge in [0.25, 0.3) is 0 Å². The molecule has 0 amide bonds. The van der Waals surface area contributed by atoms with Crippen LogP contribution >= 0.6 is 0 Å². The lowest BCUT2D eigenvalue weighted by Crippen LogP contribution is -2.48. The predicted molar refractivity (Wildman–Crippen MR) is 201 cm³/mol. The highest BCUT2D eigenvalue weighted by Crippen LogP contribution is 2.67. The number of hydrogen-bond acceptors (Lipinski definition) is 5. The van der Waals surface area contributed by atoms with Gasteiger partial charge in [0.1, 0.15) is 11.4 Å². The van der Waals surface area contributed by atoms with E-state index in [2.05, 4.69) is 68.2 Å². The molecule has 7 aliphatic rings. The molecule has 0 radical (unpaired) electrons. The van der Waals surface area contributed by atoms with Crippen LogP contribution < -0.4 is 0 Å². The predicted octanol–water partition coefficient (Wildman–Crippen LogP) is 10.0. The van der Waals surface area contributed by atoms with Crippen LogP contribution in [0, 0.1) is 45.8 Å². The van der Waals surface area contributed by atoms with E-state index in [-0.39, 0.29) is 57.1 Å². The lowest BCUT2D eigenvalue weighted by atomic mass is 9.56. The molecule has 272 valence electrons. The number of carbonyl (C=O) groups excluding carboxylic acids is 4. The van der Waals surface area contributed by atoms with Crippen molar-refractivity contribution in [1.29, 1.82) is 0 Å². The van der Waals surface area contributed by atoms with Gasteiger partial charge in [-0.2, -0.15) is 0 Å². The Balaban J connectivity index is 0.000000146. The van der Waals surface area contributed by atoms with Crippen LogP contribution in [0.5, 0.6) is 0 Å². The zero-order valence-corrected chi connectivity index (χ0v) is 32.4. The zero-order chi connectivity index (χ0) is 37.1. The molecule has 3 saturated carbocycles. The summed E-state index contributed by atoms with van der Waals surface area (Å²) in [5.41, 5.74) is 6.80. The molecule has 0 bridgehead atoms.